The van der Waals surface area contributed by atoms with Gasteiger partial charge in [-0.2, -0.15) is 0 Å². The van der Waals surface area contributed by atoms with Gasteiger partial charge in [0, 0.05) is 48.7 Å². The van der Waals surface area contributed by atoms with Gasteiger partial charge in [0.25, 0.3) is 5.91 Å². The van der Waals surface area contributed by atoms with E-state index in [2.05, 4.69) is 10.6 Å². The first-order valence-electron chi connectivity index (χ1n) is 11.0. The monoisotopic (exact) mass is 502 g/mol. The number of amides is 2. The number of rotatable bonds is 5. The van der Waals surface area contributed by atoms with Crippen molar-refractivity contribution in [2.45, 2.75) is 25.5 Å². The molecule has 2 aromatic rings. The number of methoxy groups -OCH3 is 1. The molecule has 2 saturated heterocycles. The number of benzene rings is 2. The van der Waals surface area contributed by atoms with Crippen molar-refractivity contribution < 1.29 is 19.1 Å². The Morgan fingerprint density at radius 1 is 1.21 bits per heavy atom. The van der Waals surface area contributed by atoms with Crippen LogP contribution in [0.3, 0.4) is 0 Å². The first kappa shape index (κ1) is 24.4. The molecule has 0 aliphatic carbocycles. The molecule has 0 unspecified atom stereocenters. The lowest BCUT2D eigenvalue weighted by atomic mass is 10.1. The second kappa shape index (κ2) is 10.7. The summed E-state index contributed by atoms with van der Waals surface area (Å²) in [5.74, 6) is -0.241. The number of anilines is 3. The van der Waals surface area contributed by atoms with Crippen molar-refractivity contribution in [1.29, 1.82) is 0 Å². The van der Waals surface area contributed by atoms with Crippen molar-refractivity contribution in [3.63, 3.8) is 0 Å². The van der Waals surface area contributed by atoms with Gasteiger partial charge in [-0.15, -0.1) is 0 Å². The van der Waals surface area contributed by atoms with E-state index in [4.69, 9.17) is 33.3 Å². The SMILES string of the molecule is CO[C@@H]1C[C@H](C(=O)Nc2ccc(N3CCOCC3=O)cc2C)N(C(=S)Nc2ccc(Cl)cc2)C1. The van der Waals surface area contributed by atoms with Crippen LogP contribution in [0.4, 0.5) is 17.1 Å². The van der Waals surface area contributed by atoms with E-state index in [0.29, 0.717) is 41.9 Å². The maximum atomic E-state index is 13.3. The van der Waals surface area contributed by atoms with Gasteiger partial charge in [-0.1, -0.05) is 11.6 Å². The van der Waals surface area contributed by atoms with Gasteiger partial charge in [0.05, 0.1) is 12.7 Å². The predicted molar refractivity (Wildman–Crippen MR) is 137 cm³/mol. The molecule has 10 heteroatoms. The van der Waals surface area contributed by atoms with Gasteiger partial charge in [-0.05, 0) is 67.2 Å². The molecule has 0 bridgehead atoms. The molecule has 0 saturated carbocycles. The Labute approximate surface area is 209 Å². The second-order valence-corrected chi connectivity index (χ2v) is 9.11. The van der Waals surface area contributed by atoms with Crippen LogP contribution in [0, 0.1) is 6.92 Å². The molecule has 2 aliphatic heterocycles. The highest BCUT2D eigenvalue weighted by molar-refractivity contribution is 7.80. The van der Waals surface area contributed by atoms with Gasteiger partial charge in [-0.25, -0.2) is 0 Å². The fourth-order valence-electron chi connectivity index (χ4n) is 4.13. The molecule has 2 N–H and O–H groups in total. The highest BCUT2D eigenvalue weighted by atomic mass is 35.5. The summed E-state index contributed by atoms with van der Waals surface area (Å²) in [4.78, 5) is 29.0. The number of carbonyl (C=O) groups is 2. The van der Waals surface area contributed by atoms with Crippen molar-refractivity contribution >= 4 is 57.8 Å². The van der Waals surface area contributed by atoms with Crippen molar-refractivity contribution in [2.24, 2.45) is 0 Å². The van der Waals surface area contributed by atoms with E-state index in [-0.39, 0.29) is 24.5 Å². The zero-order chi connectivity index (χ0) is 24.2. The minimum absolute atomic E-state index is 0.0728. The lowest BCUT2D eigenvalue weighted by Crippen LogP contribution is -2.45. The van der Waals surface area contributed by atoms with Crippen LogP contribution in [0.5, 0.6) is 0 Å². The Kier molecular flexibility index (Phi) is 7.67. The number of ether oxygens (including phenoxy) is 2. The summed E-state index contributed by atoms with van der Waals surface area (Å²) in [6, 6.07) is 12.3. The van der Waals surface area contributed by atoms with Crippen LogP contribution in [-0.2, 0) is 19.1 Å². The number of halogens is 1. The molecule has 2 aliphatic rings. The number of nitrogens with zero attached hydrogens (tertiary/aromatic N) is 2. The van der Waals surface area contributed by atoms with Gasteiger partial charge in [-0.3, -0.25) is 9.59 Å². The summed E-state index contributed by atoms with van der Waals surface area (Å²) < 4.78 is 10.7. The fraction of sp³-hybridized carbons (Fsp3) is 0.375. The van der Waals surface area contributed by atoms with Crippen LogP contribution in [-0.4, -0.2) is 67.4 Å². The van der Waals surface area contributed by atoms with Crippen LogP contribution in [0.2, 0.25) is 5.02 Å². The van der Waals surface area contributed by atoms with E-state index in [1.807, 2.05) is 42.2 Å². The van der Waals surface area contributed by atoms with Crippen molar-refractivity contribution in [2.75, 3.05) is 48.9 Å². The number of hydrogen-bond donors (Lipinski definition) is 2. The Morgan fingerprint density at radius 3 is 2.65 bits per heavy atom. The molecule has 8 nitrogen and oxygen atoms in total. The minimum atomic E-state index is -0.489. The van der Waals surface area contributed by atoms with E-state index in [9.17, 15) is 9.59 Å². The number of carbonyl (C=O) groups excluding carboxylic acids is 2. The molecule has 180 valence electrons. The lowest BCUT2D eigenvalue weighted by molar-refractivity contribution is -0.125. The van der Waals surface area contributed by atoms with Gasteiger partial charge < -0.3 is 29.9 Å². The smallest absolute Gasteiger partial charge is 0.253 e. The zero-order valence-electron chi connectivity index (χ0n) is 19.0. The van der Waals surface area contributed by atoms with Gasteiger partial charge in [0.1, 0.15) is 12.6 Å². The molecule has 2 amide bonds. The molecule has 0 aromatic heterocycles. The molecular weight excluding hydrogens is 476 g/mol. The Bertz CT molecular complexity index is 1080. The summed E-state index contributed by atoms with van der Waals surface area (Å²) in [5.41, 5.74) is 3.13. The number of likely N-dealkylation sites (tertiary alicyclic amines) is 1. The highest BCUT2D eigenvalue weighted by Crippen LogP contribution is 2.27. The Hall–Kier alpha value is -2.72. The quantitative estimate of drug-likeness (QED) is 0.606. The molecule has 2 atom stereocenters. The van der Waals surface area contributed by atoms with Crippen molar-refractivity contribution in [3.05, 3.63) is 53.1 Å². The first-order valence-corrected chi connectivity index (χ1v) is 11.8. The standard InChI is InChI=1S/C24H27ClN4O4S/c1-15-11-18(28-9-10-33-14-22(28)30)7-8-20(15)27-23(31)21-12-19(32-2)13-29(21)24(34)26-17-5-3-16(25)4-6-17/h3-8,11,19,21H,9-10,12-14H2,1-2H3,(H,26,34)(H,27,31)/t19-,21-/m1/s1. The summed E-state index contributed by atoms with van der Waals surface area (Å²) in [7, 11) is 1.63. The van der Waals surface area contributed by atoms with Gasteiger partial charge in [0.2, 0.25) is 5.91 Å². The molecule has 0 radical (unpaired) electrons. The number of thiocarbonyl (C=S) groups is 1. The van der Waals surface area contributed by atoms with E-state index < -0.39 is 6.04 Å². The zero-order valence-corrected chi connectivity index (χ0v) is 20.6. The average molecular weight is 503 g/mol. The summed E-state index contributed by atoms with van der Waals surface area (Å²) >= 11 is 11.6. The molecule has 0 spiro atoms. The third-order valence-electron chi connectivity index (χ3n) is 6.02. The maximum Gasteiger partial charge on any atom is 0.253 e. The Balaban J connectivity index is 1.46. The number of aryl methyl sites for hydroxylation is 1. The molecule has 2 heterocycles. The number of hydrogen-bond acceptors (Lipinski definition) is 5. The van der Waals surface area contributed by atoms with E-state index in [1.54, 1.807) is 24.1 Å². The third kappa shape index (κ3) is 5.50. The normalized spacial score (nSPS) is 20.4. The summed E-state index contributed by atoms with van der Waals surface area (Å²) in [5, 5.41) is 7.28. The van der Waals surface area contributed by atoms with Crippen molar-refractivity contribution in [3.8, 4) is 0 Å². The lowest BCUT2D eigenvalue weighted by Gasteiger charge is -2.28. The predicted octanol–water partition coefficient (Wildman–Crippen LogP) is 3.44. The van der Waals surface area contributed by atoms with Crippen LogP contribution in [0.25, 0.3) is 0 Å². The van der Waals surface area contributed by atoms with Crippen molar-refractivity contribution in [1.82, 2.24) is 4.90 Å². The van der Waals surface area contributed by atoms with E-state index in [0.717, 1.165) is 16.9 Å². The average Bonchev–Trinajstić information content (AvgIpc) is 3.27. The van der Waals surface area contributed by atoms with Gasteiger partial charge in [0.15, 0.2) is 5.11 Å². The number of morpholine rings is 1. The number of nitrogens with one attached hydrogen (secondary N) is 2. The van der Waals surface area contributed by atoms with Crippen LogP contribution in [0.1, 0.15) is 12.0 Å². The molecule has 34 heavy (non-hydrogen) atoms. The van der Waals surface area contributed by atoms with Gasteiger partial charge >= 0.3 is 0 Å². The Morgan fingerprint density at radius 2 is 1.97 bits per heavy atom. The largest absolute Gasteiger partial charge is 0.380 e. The van der Waals surface area contributed by atoms with Crippen LogP contribution < -0.4 is 15.5 Å². The second-order valence-electron chi connectivity index (χ2n) is 8.29. The fourth-order valence-corrected chi connectivity index (χ4v) is 4.58. The first-order chi connectivity index (χ1) is 16.4. The molecule has 2 aromatic carbocycles. The summed E-state index contributed by atoms with van der Waals surface area (Å²) in [6.07, 6.45) is 0.404. The topological polar surface area (TPSA) is 83.1 Å². The van der Waals surface area contributed by atoms with Crippen LogP contribution >= 0.6 is 23.8 Å². The van der Waals surface area contributed by atoms with E-state index in [1.165, 1.54) is 0 Å². The molecule has 4 rings (SSSR count). The van der Waals surface area contributed by atoms with Crippen LogP contribution in [0.15, 0.2) is 42.5 Å². The molecule has 2 fully saturated rings. The van der Waals surface area contributed by atoms with E-state index >= 15 is 0 Å². The highest BCUT2D eigenvalue weighted by Gasteiger charge is 2.38. The minimum Gasteiger partial charge on any atom is -0.380 e. The maximum absolute atomic E-state index is 13.3. The molecular formula is C24H27ClN4O4S. The third-order valence-corrected chi connectivity index (χ3v) is 6.61. The summed E-state index contributed by atoms with van der Waals surface area (Å²) in [6.45, 7) is 3.51.